The molecule has 4 aromatic heterocycles. The highest BCUT2D eigenvalue weighted by Crippen LogP contribution is 2.23. The van der Waals surface area contributed by atoms with Crippen LogP contribution in [0.4, 0.5) is 4.39 Å². The minimum atomic E-state index is -0.356. The Hall–Kier alpha value is -3.80. The molecule has 0 aliphatic rings. The molecule has 5 aromatic rings. The number of aromatic nitrogens is 4. The molecule has 0 amide bonds. The molecule has 0 unspecified atom stereocenters. The van der Waals surface area contributed by atoms with Crippen LogP contribution in [0.15, 0.2) is 84.3 Å². The molecule has 5 nitrogen and oxygen atoms in total. The van der Waals surface area contributed by atoms with E-state index in [-0.39, 0.29) is 17.9 Å². The fourth-order valence-electron chi connectivity index (χ4n) is 3.40. The lowest BCUT2D eigenvalue weighted by Crippen LogP contribution is -2.21. The number of benzene rings is 1. The molecule has 0 fully saturated rings. The van der Waals surface area contributed by atoms with E-state index in [0.29, 0.717) is 16.6 Å². The molecule has 0 N–H and O–H groups in total. The lowest BCUT2D eigenvalue weighted by Gasteiger charge is -2.11. The molecule has 0 radical (unpaired) electrons. The van der Waals surface area contributed by atoms with Crippen LogP contribution < -0.4 is 5.56 Å². The number of fused-ring (bicyclic) bond motifs is 2. The standard InChI is InChI=1S/C22H15FN4O/c23-19-10-15(16-5-6-18-2-1-9-26(18)13-16)3-4-17(19)14-27-21-11-24-8-7-20(21)25-12-22(27)28/h1-13H,14H2. The molecule has 5 rings (SSSR count). The van der Waals surface area contributed by atoms with Gasteiger partial charge < -0.3 is 4.40 Å². The van der Waals surface area contributed by atoms with Crippen LogP contribution in [0.25, 0.3) is 27.7 Å². The van der Waals surface area contributed by atoms with E-state index in [2.05, 4.69) is 9.97 Å². The summed E-state index contributed by atoms with van der Waals surface area (Å²) < 4.78 is 18.3. The van der Waals surface area contributed by atoms with Crippen molar-refractivity contribution in [3.8, 4) is 11.1 Å². The number of hydrogen-bond donors (Lipinski definition) is 0. The zero-order valence-corrected chi connectivity index (χ0v) is 14.8. The monoisotopic (exact) mass is 370 g/mol. The lowest BCUT2D eigenvalue weighted by atomic mass is 10.0. The summed E-state index contributed by atoms with van der Waals surface area (Å²) in [4.78, 5) is 20.5. The number of rotatable bonds is 3. The fourth-order valence-corrected chi connectivity index (χ4v) is 3.40. The quantitative estimate of drug-likeness (QED) is 0.484. The summed E-state index contributed by atoms with van der Waals surface area (Å²) in [5.74, 6) is -0.356. The van der Waals surface area contributed by atoms with Gasteiger partial charge in [-0.15, -0.1) is 0 Å². The third-order valence-electron chi connectivity index (χ3n) is 4.89. The van der Waals surface area contributed by atoms with Gasteiger partial charge in [-0.3, -0.25) is 14.3 Å². The maximum atomic E-state index is 14.9. The number of pyridine rings is 2. The van der Waals surface area contributed by atoms with E-state index in [1.165, 1.54) is 16.8 Å². The predicted octanol–water partition coefficient (Wildman–Crippen LogP) is 3.90. The van der Waals surface area contributed by atoms with Crippen LogP contribution in [-0.2, 0) is 6.54 Å². The molecule has 1 aromatic carbocycles. The van der Waals surface area contributed by atoms with Gasteiger partial charge in [0.25, 0.3) is 5.56 Å². The molecule has 0 atom stereocenters. The highest BCUT2D eigenvalue weighted by atomic mass is 19.1. The van der Waals surface area contributed by atoms with Crippen molar-refractivity contribution in [1.29, 1.82) is 0 Å². The molecule has 28 heavy (non-hydrogen) atoms. The first-order chi connectivity index (χ1) is 13.7. The Labute approximate surface area is 159 Å². The predicted molar refractivity (Wildman–Crippen MR) is 106 cm³/mol. The largest absolute Gasteiger partial charge is 0.323 e. The molecule has 0 saturated carbocycles. The van der Waals surface area contributed by atoms with Crippen LogP contribution in [0.2, 0.25) is 0 Å². The second kappa shape index (κ2) is 6.42. The van der Waals surface area contributed by atoms with Crippen LogP contribution in [-0.4, -0.2) is 18.9 Å². The average molecular weight is 370 g/mol. The van der Waals surface area contributed by atoms with Gasteiger partial charge in [-0.25, -0.2) is 9.37 Å². The molecule has 0 saturated heterocycles. The smallest absolute Gasteiger partial charge is 0.269 e. The van der Waals surface area contributed by atoms with Gasteiger partial charge in [0, 0.05) is 29.7 Å². The van der Waals surface area contributed by atoms with E-state index < -0.39 is 0 Å². The molecule has 0 spiro atoms. The number of nitrogens with zero attached hydrogens (tertiary/aromatic N) is 4. The first-order valence-electron chi connectivity index (χ1n) is 8.84. The molecule has 0 bridgehead atoms. The Morgan fingerprint density at radius 2 is 1.89 bits per heavy atom. The second-order valence-electron chi connectivity index (χ2n) is 6.61. The molecular weight excluding hydrogens is 355 g/mol. The zero-order valence-electron chi connectivity index (χ0n) is 14.8. The third kappa shape index (κ3) is 2.75. The molecule has 0 aliphatic carbocycles. The average Bonchev–Trinajstić information content (AvgIpc) is 3.19. The van der Waals surface area contributed by atoms with Gasteiger partial charge in [-0.1, -0.05) is 18.2 Å². The van der Waals surface area contributed by atoms with Crippen LogP contribution in [0.3, 0.4) is 0 Å². The van der Waals surface area contributed by atoms with Crippen molar-refractivity contribution in [2.45, 2.75) is 6.54 Å². The van der Waals surface area contributed by atoms with Gasteiger partial charge in [0.05, 0.1) is 30.0 Å². The SMILES string of the molecule is O=c1cnc2ccncc2n1Cc1ccc(-c2ccc3cccn3c2)cc1F. The van der Waals surface area contributed by atoms with E-state index in [4.69, 9.17) is 0 Å². The molecule has 6 heteroatoms. The minimum Gasteiger partial charge on any atom is -0.323 e. The van der Waals surface area contributed by atoms with Crippen LogP contribution in [0.1, 0.15) is 5.56 Å². The van der Waals surface area contributed by atoms with Crippen molar-refractivity contribution in [2.75, 3.05) is 0 Å². The Morgan fingerprint density at radius 3 is 2.79 bits per heavy atom. The molecule has 4 heterocycles. The van der Waals surface area contributed by atoms with E-state index >= 15 is 0 Å². The lowest BCUT2D eigenvalue weighted by molar-refractivity contribution is 0.599. The van der Waals surface area contributed by atoms with Crippen LogP contribution in [0, 0.1) is 5.82 Å². The second-order valence-corrected chi connectivity index (χ2v) is 6.61. The van der Waals surface area contributed by atoms with Gasteiger partial charge in [0.15, 0.2) is 0 Å². The van der Waals surface area contributed by atoms with Gasteiger partial charge in [0.2, 0.25) is 0 Å². The van der Waals surface area contributed by atoms with Gasteiger partial charge in [-0.2, -0.15) is 0 Å². The molecule has 136 valence electrons. The van der Waals surface area contributed by atoms with Gasteiger partial charge in [0.1, 0.15) is 5.82 Å². The first-order valence-corrected chi connectivity index (χ1v) is 8.84. The first kappa shape index (κ1) is 16.4. The zero-order chi connectivity index (χ0) is 19.1. The van der Waals surface area contributed by atoms with Crippen molar-refractivity contribution < 1.29 is 4.39 Å². The normalized spacial score (nSPS) is 11.3. The Balaban J connectivity index is 1.54. The highest BCUT2D eigenvalue weighted by Gasteiger charge is 2.10. The van der Waals surface area contributed by atoms with E-state index in [9.17, 15) is 9.18 Å². The Morgan fingerprint density at radius 1 is 1.00 bits per heavy atom. The summed E-state index contributed by atoms with van der Waals surface area (Å²) in [5.41, 5.74) is 4.16. The summed E-state index contributed by atoms with van der Waals surface area (Å²) in [7, 11) is 0. The van der Waals surface area contributed by atoms with Crippen molar-refractivity contribution >= 4 is 16.6 Å². The summed E-state index contributed by atoms with van der Waals surface area (Å²) >= 11 is 0. The van der Waals surface area contributed by atoms with Crippen molar-refractivity contribution in [2.24, 2.45) is 0 Å². The fraction of sp³-hybridized carbons (Fsp3) is 0.0455. The summed E-state index contributed by atoms with van der Waals surface area (Å²) in [6.45, 7) is 0.117. The van der Waals surface area contributed by atoms with Crippen molar-refractivity contribution in [3.05, 3.63) is 101 Å². The summed E-state index contributed by atoms with van der Waals surface area (Å²) in [6.07, 6.45) is 8.36. The number of halogens is 1. The Bertz CT molecular complexity index is 1390. The van der Waals surface area contributed by atoms with E-state index in [1.807, 2.05) is 47.1 Å². The third-order valence-corrected chi connectivity index (χ3v) is 4.89. The number of hydrogen-bond acceptors (Lipinski definition) is 3. The minimum absolute atomic E-state index is 0.117. The van der Waals surface area contributed by atoms with Crippen LogP contribution in [0.5, 0.6) is 0 Å². The van der Waals surface area contributed by atoms with Gasteiger partial charge in [-0.05, 0) is 41.5 Å². The topological polar surface area (TPSA) is 52.2 Å². The Kier molecular flexibility index (Phi) is 3.76. The molecule has 0 aliphatic heterocycles. The van der Waals surface area contributed by atoms with E-state index in [0.717, 1.165) is 16.6 Å². The van der Waals surface area contributed by atoms with E-state index in [1.54, 1.807) is 24.5 Å². The van der Waals surface area contributed by atoms with Crippen molar-refractivity contribution in [1.82, 2.24) is 18.9 Å². The maximum absolute atomic E-state index is 14.9. The maximum Gasteiger partial charge on any atom is 0.269 e. The van der Waals surface area contributed by atoms with Gasteiger partial charge >= 0.3 is 0 Å². The van der Waals surface area contributed by atoms with Crippen molar-refractivity contribution in [3.63, 3.8) is 0 Å². The summed E-state index contributed by atoms with van der Waals surface area (Å²) in [6, 6.07) is 14.8. The molecular formula is C22H15FN4O. The summed E-state index contributed by atoms with van der Waals surface area (Å²) in [5, 5.41) is 0. The highest BCUT2D eigenvalue weighted by molar-refractivity contribution is 5.73. The van der Waals surface area contributed by atoms with Crippen LogP contribution >= 0.6 is 0 Å².